The summed E-state index contributed by atoms with van der Waals surface area (Å²) in [6.07, 6.45) is 0. The third-order valence-electron chi connectivity index (χ3n) is 11.5. The Morgan fingerprint density at radius 1 is 0.327 bits per heavy atom. The molecule has 0 aliphatic carbocycles. The summed E-state index contributed by atoms with van der Waals surface area (Å²) < 4.78 is 7.53. The summed E-state index contributed by atoms with van der Waals surface area (Å²) in [5, 5.41) is 10.2. The molecule has 0 amide bonds. The molecule has 0 radical (unpaired) electrons. The number of fused-ring (bicyclic) bond motifs is 10. The lowest BCUT2D eigenvalue weighted by molar-refractivity contribution is 1.18. The Labute approximate surface area is 321 Å². The number of hydrogen-bond acceptors (Lipinski definition) is 1. The van der Waals surface area contributed by atoms with Gasteiger partial charge in [0.15, 0.2) is 0 Å². The van der Waals surface area contributed by atoms with Gasteiger partial charge in [-0.05, 0) is 88.3 Å². The van der Waals surface area contributed by atoms with Gasteiger partial charge < -0.3 is 9.13 Å². The molecule has 0 saturated heterocycles. The van der Waals surface area contributed by atoms with Crippen LogP contribution in [0.2, 0.25) is 0 Å². The minimum absolute atomic E-state index is 1.17. The third-order valence-corrected chi connectivity index (χ3v) is 12.7. The number of benzene rings is 9. The van der Waals surface area contributed by atoms with Gasteiger partial charge in [0.2, 0.25) is 0 Å². The van der Waals surface area contributed by atoms with Crippen molar-refractivity contribution >= 4 is 85.9 Å². The van der Waals surface area contributed by atoms with Crippen molar-refractivity contribution in [3.8, 4) is 33.6 Å². The van der Waals surface area contributed by atoms with Crippen molar-refractivity contribution in [3.63, 3.8) is 0 Å². The molecule has 0 unspecified atom stereocenters. The van der Waals surface area contributed by atoms with Crippen LogP contribution in [0.25, 0.3) is 108 Å². The van der Waals surface area contributed by atoms with Gasteiger partial charge in [-0.25, -0.2) is 0 Å². The van der Waals surface area contributed by atoms with Gasteiger partial charge in [0.25, 0.3) is 0 Å². The zero-order valence-corrected chi connectivity index (χ0v) is 30.6. The first-order chi connectivity index (χ1) is 27.3. The Kier molecular flexibility index (Phi) is 6.54. The van der Waals surface area contributed by atoms with E-state index in [0.717, 1.165) is 0 Å². The van der Waals surface area contributed by atoms with Crippen LogP contribution in [0.1, 0.15) is 0 Å². The molecule has 0 bridgehead atoms. The van der Waals surface area contributed by atoms with Gasteiger partial charge in [0, 0.05) is 52.8 Å². The number of nitrogens with zero attached hydrogens (tertiary/aromatic N) is 2. The minimum Gasteiger partial charge on any atom is -0.309 e. The Morgan fingerprint density at radius 2 is 0.945 bits per heavy atom. The summed E-state index contributed by atoms with van der Waals surface area (Å²) in [6.45, 7) is 0. The summed E-state index contributed by atoms with van der Waals surface area (Å²) in [7, 11) is 0. The van der Waals surface area contributed by atoms with Gasteiger partial charge in [-0.1, -0.05) is 133 Å². The highest BCUT2D eigenvalue weighted by Crippen LogP contribution is 2.42. The Morgan fingerprint density at radius 3 is 1.82 bits per heavy atom. The molecule has 0 atom stereocenters. The van der Waals surface area contributed by atoms with Gasteiger partial charge in [0.05, 0.1) is 27.8 Å². The van der Waals surface area contributed by atoms with E-state index in [9.17, 15) is 0 Å². The third kappa shape index (κ3) is 4.54. The lowest BCUT2D eigenvalue weighted by Gasteiger charge is -2.14. The number of thiophene rings is 1. The fourth-order valence-electron chi connectivity index (χ4n) is 9.02. The Balaban J connectivity index is 1.04. The minimum atomic E-state index is 1.17. The van der Waals surface area contributed by atoms with Crippen LogP contribution in [0.3, 0.4) is 0 Å². The van der Waals surface area contributed by atoms with E-state index in [1.807, 2.05) is 11.3 Å². The molecule has 0 aliphatic rings. The molecular formula is C52H32N2S. The average Bonchev–Trinajstić information content (AvgIpc) is 3.91. The van der Waals surface area contributed by atoms with E-state index in [1.54, 1.807) is 0 Å². The molecule has 3 heterocycles. The molecule has 0 N–H and O–H groups in total. The van der Waals surface area contributed by atoms with Crippen molar-refractivity contribution < 1.29 is 0 Å². The zero-order chi connectivity index (χ0) is 36.0. The van der Waals surface area contributed by atoms with E-state index in [1.165, 1.54) is 108 Å². The van der Waals surface area contributed by atoms with Crippen molar-refractivity contribution in [2.75, 3.05) is 0 Å². The fraction of sp³-hybridized carbons (Fsp3) is 0. The molecule has 55 heavy (non-hydrogen) atoms. The molecule has 12 aromatic rings. The van der Waals surface area contributed by atoms with Crippen molar-refractivity contribution in [1.29, 1.82) is 0 Å². The van der Waals surface area contributed by atoms with Gasteiger partial charge in [-0.2, -0.15) is 0 Å². The standard InChI is InChI=1S/C52H32N2S/c1-2-13-37(14-3-1)53-47-20-7-5-16-41(47)45-31-33(26-29-49(45)53)34-24-28-42-40-15-4-8-21-48(40)54(50(42)32-34)46-22-10-12-35-30-36(25-27-38(35)46)39-18-11-19-44-43-17-6-9-23-51(43)55-52(39)44/h1-32H. The first kappa shape index (κ1) is 30.5. The summed E-state index contributed by atoms with van der Waals surface area (Å²) in [6, 6.07) is 71.4. The number of para-hydroxylation sites is 3. The highest BCUT2D eigenvalue weighted by atomic mass is 32.1. The average molecular weight is 717 g/mol. The summed E-state index contributed by atoms with van der Waals surface area (Å²) in [5.41, 5.74) is 12.2. The lowest BCUT2D eigenvalue weighted by Crippen LogP contribution is -1.96. The van der Waals surface area contributed by atoms with Crippen molar-refractivity contribution in [3.05, 3.63) is 194 Å². The number of aromatic nitrogens is 2. The second kappa shape index (κ2) is 11.8. The van der Waals surface area contributed by atoms with Crippen LogP contribution in [-0.4, -0.2) is 9.13 Å². The van der Waals surface area contributed by atoms with Crippen LogP contribution < -0.4 is 0 Å². The molecule has 256 valence electrons. The van der Waals surface area contributed by atoms with Crippen LogP contribution in [0.4, 0.5) is 0 Å². The molecule has 9 aromatic carbocycles. The van der Waals surface area contributed by atoms with Crippen LogP contribution in [0.15, 0.2) is 194 Å². The van der Waals surface area contributed by atoms with Crippen LogP contribution in [0.5, 0.6) is 0 Å². The molecular weight excluding hydrogens is 685 g/mol. The molecule has 3 aromatic heterocycles. The summed E-state index contributed by atoms with van der Waals surface area (Å²) >= 11 is 1.89. The molecule has 12 rings (SSSR count). The van der Waals surface area contributed by atoms with E-state index in [2.05, 4.69) is 203 Å². The van der Waals surface area contributed by atoms with Gasteiger partial charge in [-0.3, -0.25) is 0 Å². The van der Waals surface area contributed by atoms with Crippen molar-refractivity contribution in [2.24, 2.45) is 0 Å². The predicted molar refractivity (Wildman–Crippen MR) is 236 cm³/mol. The van der Waals surface area contributed by atoms with E-state index in [4.69, 9.17) is 0 Å². The van der Waals surface area contributed by atoms with Crippen molar-refractivity contribution in [2.45, 2.75) is 0 Å². The normalized spacial score (nSPS) is 12.0. The van der Waals surface area contributed by atoms with E-state index in [0.29, 0.717) is 0 Å². The second-order valence-corrected chi connectivity index (χ2v) is 15.6. The Hall–Kier alpha value is -6.94. The molecule has 0 spiro atoms. The van der Waals surface area contributed by atoms with E-state index >= 15 is 0 Å². The number of hydrogen-bond donors (Lipinski definition) is 0. The van der Waals surface area contributed by atoms with Crippen LogP contribution in [-0.2, 0) is 0 Å². The van der Waals surface area contributed by atoms with Crippen molar-refractivity contribution in [1.82, 2.24) is 9.13 Å². The zero-order valence-electron chi connectivity index (χ0n) is 29.8. The molecule has 2 nitrogen and oxygen atoms in total. The summed E-state index contributed by atoms with van der Waals surface area (Å²) in [5.74, 6) is 0. The largest absolute Gasteiger partial charge is 0.309 e. The maximum atomic E-state index is 2.47. The SMILES string of the molecule is c1ccc(-n2c3ccccc3c3cc(-c4ccc5c6ccccc6n(-c6cccc7cc(-c8cccc9c8sc8ccccc89)ccc67)c5c4)ccc32)cc1. The van der Waals surface area contributed by atoms with Crippen LogP contribution >= 0.6 is 11.3 Å². The van der Waals surface area contributed by atoms with Gasteiger partial charge >= 0.3 is 0 Å². The monoisotopic (exact) mass is 716 g/mol. The highest BCUT2D eigenvalue weighted by Gasteiger charge is 2.18. The maximum Gasteiger partial charge on any atom is 0.0547 e. The second-order valence-electron chi connectivity index (χ2n) is 14.5. The number of rotatable bonds is 4. The van der Waals surface area contributed by atoms with Gasteiger partial charge in [0.1, 0.15) is 0 Å². The van der Waals surface area contributed by atoms with E-state index < -0.39 is 0 Å². The maximum absolute atomic E-state index is 2.47. The lowest BCUT2D eigenvalue weighted by atomic mass is 9.98. The topological polar surface area (TPSA) is 9.86 Å². The first-order valence-corrected chi connectivity index (χ1v) is 19.7. The smallest absolute Gasteiger partial charge is 0.0547 e. The molecule has 0 fully saturated rings. The first-order valence-electron chi connectivity index (χ1n) is 18.8. The predicted octanol–water partition coefficient (Wildman–Crippen LogP) is 14.7. The van der Waals surface area contributed by atoms with Gasteiger partial charge in [-0.15, -0.1) is 11.3 Å². The quantitative estimate of drug-likeness (QED) is 0.172. The van der Waals surface area contributed by atoms with E-state index in [-0.39, 0.29) is 0 Å². The molecule has 0 saturated carbocycles. The van der Waals surface area contributed by atoms with Crippen LogP contribution in [0, 0.1) is 0 Å². The summed E-state index contributed by atoms with van der Waals surface area (Å²) in [4.78, 5) is 0. The molecule has 0 aliphatic heterocycles. The highest BCUT2D eigenvalue weighted by molar-refractivity contribution is 7.26. The molecule has 3 heteroatoms. The fourth-order valence-corrected chi connectivity index (χ4v) is 10.3. The Bertz CT molecular complexity index is 3490.